The Morgan fingerprint density at radius 2 is 2.00 bits per heavy atom. The summed E-state index contributed by atoms with van der Waals surface area (Å²) in [5, 5.41) is 3.32. The molecule has 0 aromatic heterocycles. The lowest BCUT2D eigenvalue weighted by Crippen LogP contribution is -2.39. The van der Waals surface area contributed by atoms with Gasteiger partial charge in [0, 0.05) is 6.54 Å². The molecule has 11 heavy (non-hydrogen) atoms. The summed E-state index contributed by atoms with van der Waals surface area (Å²) >= 11 is 0. The summed E-state index contributed by atoms with van der Waals surface area (Å²) in [6.07, 6.45) is 5.76. The van der Waals surface area contributed by atoms with Crippen LogP contribution in [0.15, 0.2) is 0 Å². The third-order valence-corrected chi connectivity index (χ3v) is 2.81. The fourth-order valence-corrected chi connectivity index (χ4v) is 2.37. The average molecular weight is 155 g/mol. The first-order chi connectivity index (χ1) is 5.18. The summed E-state index contributed by atoms with van der Waals surface area (Å²) in [6.45, 7) is 5.89. The summed E-state index contributed by atoms with van der Waals surface area (Å²) in [5.41, 5.74) is 0.683. The van der Waals surface area contributed by atoms with Gasteiger partial charge in [0.15, 0.2) is 0 Å². The lowest BCUT2D eigenvalue weighted by atomic mass is 9.64. The van der Waals surface area contributed by atoms with Crippen molar-refractivity contribution in [2.45, 2.75) is 39.5 Å². The molecule has 0 spiro atoms. The molecule has 1 heteroatoms. The smallest absolute Gasteiger partial charge is 0.000490 e. The molecule has 1 rings (SSSR count). The monoisotopic (exact) mass is 155 g/mol. The fourth-order valence-electron chi connectivity index (χ4n) is 2.37. The molecule has 0 radical (unpaired) electrons. The SMILES string of the molecule is CNCC1(CC(C)C)CCC1. The molecule has 0 bridgehead atoms. The zero-order chi connectivity index (χ0) is 8.32. The molecule has 1 aliphatic rings. The molecule has 0 amide bonds. The first-order valence-electron chi connectivity index (χ1n) is 4.83. The highest BCUT2D eigenvalue weighted by atomic mass is 14.8. The van der Waals surface area contributed by atoms with Gasteiger partial charge in [0.2, 0.25) is 0 Å². The van der Waals surface area contributed by atoms with Gasteiger partial charge in [-0.3, -0.25) is 0 Å². The molecule has 1 saturated carbocycles. The number of hydrogen-bond donors (Lipinski definition) is 1. The van der Waals surface area contributed by atoms with Crippen molar-refractivity contribution < 1.29 is 0 Å². The Labute approximate surface area is 70.6 Å². The maximum Gasteiger partial charge on any atom is 0.000490 e. The van der Waals surface area contributed by atoms with Gasteiger partial charge < -0.3 is 5.32 Å². The van der Waals surface area contributed by atoms with E-state index in [-0.39, 0.29) is 0 Å². The van der Waals surface area contributed by atoms with Crippen molar-refractivity contribution >= 4 is 0 Å². The summed E-state index contributed by atoms with van der Waals surface area (Å²) in [4.78, 5) is 0. The van der Waals surface area contributed by atoms with Gasteiger partial charge in [-0.05, 0) is 37.6 Å². The topological polar surface area (TPSA) is 12.0 Å². The van der Waals surface area contributed by atoms with Gasteiger partial charge in [0.1, 0.15) is 0 Å². The zero-order valence-electron chi connectivity index (χ0n) is 8.11. The van der Waals surface area contributed by atoms with Crippen molar-refractivity contribution in [1.82, 2.24) is 5.32 Å². The van der Waals surface area contributed by atoms with Crippen LogP contribution in [0.1, 0.15) is 39.5 Å². The van der Waals surface area contributed by atoms with E-state index in [1.165, 1.54) is 32.2 Å². The molecule has 66 valence electrons. The second-order valence-electron chi connectivity index (χ2n) is 4.48. The van der Waals surface area contributed by atoms with E-state index in [1.807, 2.05) is 0 Å². The van der Waals surface area contributed by atoms with Crippen LogP contribution in [0.3, 0.4) is 0 Å². The third-order valence-electron chi connectivity index (χ3n) is 2.81. The maximum atomic E-state index is 3.32. The van der Waals surface area contributed by atoms with E-state index in [1.54, 1.807) is 0 Å². The van der Waals surface area contributed by atoms with Gasteiger partial charge in [-0.1, -0.05) is 20.3 Å². The standard InChI is InChI=1S/C10H21N/c1-9(2)7-10(8-11-3)5-4-6-10/h9,11H,4-8H2,1-3H3. The van der Waals surface area contributed by atoms with Gasteiger partial charge in [0.05, 0.1) is 0 Å². The Hall–Kier alpha value is -0.0400. The van der Waals surface area contributed by atoms with Crippen LogP contribution in [0.25, 0.3) is 0 Å². The van der Waals surface area contributed by atoms with Gasteiger partial charge in [-0.25, -0.2) is 0 Å². The summed E-state index contributed by atoms with van der Waals surface area (Å²) < 4.78 is 0. The molecule has 0 atom stereocenters. The minimum atomic E-state index is 0.683. The first kappa shape index (κ1) is 9.05. The van der Waals surface area contributed by atoms with Crippen molar-refractivity contribution in [2.24, 2.45) is 11.3 Å². The van der Waals surface area contributed by atoms with Crippen molar-refractivity contribution in [3.05, 3.63) is 0 Å². The van der Waals surface area contributed by atoms with Crippen LogP contribution in [0, 0.1) is 11.3 Å². The molecule has 0 aromatic rings. The fraction of sp³-hybridized carbons (Fsp3) is 1.00. The van der Waals surface area contributed by atoms with Crippen molar-refractivity contribution in [1.29, 1.82) is 0 Å². The molecule has 0 unspecified atom stereocenters. The lowest BCUT2D eigenvalue weighted by Gasteiger charge is -2.43. The lowest BCUT2D eigenvalue weighted by molar-refractivity contribution is 0.101. The number of nitrogens with one attached hydrogen (secondary N) is 1. The van der Waals surface area contributed by atoms with E-state index in [2.05, 4.69) is 26.2 Å². The van der Waals surface area contributed by atoms with E-state index in [0.717, 1.165) is 5.92 Å². The Morgan fingerprint density at radius 1 is 1.36 bits per heavy atom. The highest BCUT2D eigenvalue weighted by molar-refractivity contribution is 4.89. The average Bonchev–Trinajstić information content (AvgIpc) is 1.82. The van der Waals surface area contributed by atoms with Gasteiger partial charge in [0.25, 0.3) is 0 Å². The largest absolute Gasteiger partial charge is 0.319 e. The molecular weight excluding hydrogens is 134 g/mol. The van der Waals surface area contributed by atoms with E-state index in [0.29, 0.717) is 5.41 Å². The molecule has 0 aliphatic heterocycles. The predicted molar refractivity (Wildman–Crippen MR) is 49.7 cm³/mol. The van der Waals surface area contributed by atoms with E-state index >= 15 is 0 Å². The second kappa shape index (κ2) is 3.57. The molecule has 1 fully saturated rings. The molecular formula is C10H21N. The Kier molecular flexibility index (Phi) is 2.94. The predicted octanol–water partition coefficient (Wildman–Crippen LogP) is 2.42. The van der Waals surface area contributed by atoms with E-state index in [9.17, 15) is 0 Å². The van der Waals surface area contributed by atoms with Crippen LogP contribution < -0.4 is 5.32 Å². The van der Waals surface area contributed by atoms with Crippen LogP contribution in [-0.2, 0) is 0 Å². The zero-order valence-corrected chi connectivity index (χ0v) is 8.11. The van der Waals surface area contributed by atoms with Crippen molar-refractivity contribution in [2.75, 3.05) is 13.6 Å². The van der Waals surface area contributed by atoms with Crippen LogP contribution >= 0.6 is 0 Å². The summed E-state index contributed by atoms with van der Waals surface area (Å²) in [6, 6.07) is 0. The van der Waals surface area contributed by atoms with Crippen LogP contribution in [0.2, 0.25) is 0 Å². The van der Waals surface area contributed by atoms with E-state index < -0.39 is 0 Å². The van der Waals surface area contributed by atoms with Gasteiger partial charge >= 0.3 is 0 Å². The minimum Gasteiger partial charge on any atom is -0.319 e. The molecule has 0 heterocycles. The third kappa shape index (κ3) is 2.19. The number of hydrogen-bond acceptors (Lipinski definition) is 1. The Bertz CT molecular complexity index is 114. The van der Waals surface area contributed by atoms with Crippen LogP contribution in [-0.4, -0.2) is 13.6 Å². The molecule has 1 N–H and O–H groups in total. The van der Waals surface area contributed by atoms with Crippen LogP contribution in [0.5, 0.6) is 0 Å². The second-order valence-corrected chi connectivity index (χ2v) is 4.48. The Balaban J connectivity index is 2.33. The highest BCUT2D eigenvalue weighted by Gasteiger charge is 2.36. The van der Waals surface area contributed by atoms with Gasteiger partial charge in [-0.2, -0.15) is 0 Å². The molecule has 1 nitrogen and oxygen atoms in total. The molecule has 1 aliphatic carbocycles. The highest BCUT2D eigenvalue weighted by Crippen LogP contribution is 2.45. The Morgan fingerprint density at radius 3 is 2.27 bits per heavy atom. The van der Waals surface area contributed by atoms with E-state index in [4.69, 9.17) is 0 Å². The summed E-state index contributed by atoms with van der Waals surface area (Å²) in [7, 11) is 2.07. The molecule has 0 saturated heterocycles. The van der Waals surface area contributed by atoms with Crippen molar-refractivity contribution in [3.8, 4) is 0 Å². The minimum absolute atomic E-state index is 0.683. The molecule has 0 aromatic carbocycles. The first-order valence-corrected chi connectivity index (χ1v) is 4.83. The summed E-state index contributed by atoms with van der Waals surface area (Å²) in [5.74, 6) is 0.864. The normalized spacial score (nSPS) is 21.8. The van der Waals surface area contributed by atoms with Crippen molar-refractivity contribution in [3.63, 3.8) is 0 Å². The maximum absolute atomic E-state index is 3.32. The van der Waals surface area contributed by atoms with Crippen LogP contribution in [0.4, 0.5) is 0 Å². The quantitative estimate of drug-likeness (QED) is 0.657. The number of rotatable bonds is 4. The van der Waals surface area contributed by atoms with Gasteiger partial charge in [-0.15, -0.1) is 0 Å².